The molecule has 0 saturated carbocycles. The molecule has 0 radical (unpaired) electrons. The molecule has 0 aliphatic heterocycles. The Bertz CT molecular complexity index is 1030. The van der Waals surface area contributed by atoms with Crippen molar-refractivity contribution >= 4 is 27.6 Å². The van der Waals surface area contributed by atoms with Crippen LogP contribution in [0.3, 0.4) is 0 Å². The molecule has 3 aromatic rings. The van der Waals surface area contributed by atoms with E-state index in [0.717, 1.165) is 12.1 Å². The van der Waals surface area contributed by atoms with Crippen molar-refractivity contribution in [2.75, 3.05) is 10.0 Å². The summed E-state index contributed by atoms with van der Waals surface area (Å²) in [5, 5.41) is 8.59. The summed E-state index contributed by atoms with van der Waals surface area (Å²) in [7, 11) is -3.95. The topological polar surface area (TPSA) is 117 Å². The molecule has 1 amide bonds. The highest BCUT2D eigenvalue weighted by atomic mass is 32.2. The minimum Gasteiger partial charge on any atom is -0.291 e. The highest BCUT2D eigenvalue weighted by Crippen LogP contribution is 2.20. The third kappa shape index (κ3) is 3.86. The molecule has 0 fully saturated rings. The highest BCUT2D eigenvalue weighted by Gasteiger charge is 2.19. The number of benzene rings is 2. The Kier molecular flexibility index (Phi) is 4.67. The van der Waals surface area contributed by atoms with Gasteiger partial charge in [-0.3, -0.25) is 14.8 Å². The summed E-state index contributed by atoms with van der Waals surface area (Å²) in [5.74, 6) is -0.861. The minimum atomic E-state index is -3.95. The van der Waals surface area contributed by atoms with E-state index in [1.165, 1.54) is 36.7 Å². The first-order chi connectivity index (χ1) is 12.3. The van der Waals surface area contributed by atoms with Gasteiger partial charge in [0, 0.05) is 11.3 Å². The van der Waals surface area contributed by atoms with Gasteiger partial charge in [-0.15, -0.1) is 0 Å². The van der Waals surface area contributed by atoms with Crippen LogP contribution in [0.25, 0.3) is 0 Å². The number of aromatic nitrogens is 3. The van der Waals surface area contributed by atoms with Crippen molar-refractivity contribution in [2.45, 2.75) is 11.8 Å². The molecule has 0 spiro atoms. The van der Waals surface area contributed by atoms with E-state index in [-0.39, 0.29) is 22.1 Å². The van der Waals surface area contributed by atoms with Crippen molar-refractivity contribution in [1.82, 2.24) is 15.2 Å². The summed E-state index contributed by atoms with van der Waals surface area (Å²) in [5.41, 5.74) is 0.964. The average molecular weight is 375 g/mol. The summed E-state index contributed by atoms with van der Waals surface area (Å²) >= 11 is 0. The predicted molar refractivity (Wildman–Crippen MR) is 92.7 cm³/mol. The van der Waals surface area contributed by atoms with Crippen molar-refractivity contribution in [3.63, 3.8) is 0 Å². The zero-order valence-corrected chi connectivity index (χ0v) is 14.3. The maximum Gasteiger partial charge on any atom is 0.261 e. The molecule has 0 unspecified atom stereocenters. The van der Waals surface area contributed by atoms with Gasteiger partial charge in [0.15, 0.2) is 0 Å². The van der Waals surface area contributed by atoms with Gasteiger partial charge in [-0.25, -0.2) is 17.9 Å². The van der Waals surface area contributed by atoms with Crippen molar-refractivity contribution in [2.24, 2.45) is 0 Å². The van der Waals surface area contributed by atoms with E-state index in [4.69, 9.17) is 0 Å². The fraction of sp³-hybridized carbons (Fsp3) is 0.0625. The van der Waals surface area contributed by atoms with Gasteiger partial charge in [0.25, 0.3) is 15.9 Å². The van der Waals surface area contributed by atoms with Crippen molar-refractivity contribution in [3.05, 3.63) is 65.7 Å². The van der Waals surface area contributed by atoms with Crippen LogP contribution in [0, 0.1) is 12.7 Å². The number of nitrogens with one attached hydrogen (secondary N) is 3. The van der Waals surface area contributed by atoms with Gasteiger partial charge in [0.1, 0.15) is 12.1 Å². The molecule has 1 heterocycles. The maximum atomic E-state index is 13.0. The normalized spacial score (nSPS) is 11.2. The van der Waals surface area contributed by atoms with Crippen LogP contribution < -0.4 is 10.0 Å². The Morgan fingerprint density at radius 1 is 1.15 bits per heavy atom. The molecule has 0 atom stereocenters. The Morgan fingerprint density at radius 3 is 2.54 bits per heavy atom. The van der Waals surface area contributed by atoms with E-state index < -0.39 is 21.7 Å². The lowest BCUT2D eigenvalue weighted by atomic mass is 10.1. The lowest BCUT2D eigenvalue weighted by Crippen LogP contribution is -2.17. The maximum absolute atomic E-state index is 13.0. The van der Waals surface area contributed by atoms with Crippen LogP contribution in [-0.4, -0.2) is 29.5 Å². The number of sulfonamides is 1. The Hall–Kier alpha value is -3.27. The molecule has 10 heteroatoms. The molecule has 2 aromatic carbocycles. The van der Waals surface area contributed by atoms with Crippen LogP contribution in [-0.2, 0) is 10.0 Å². The van der Waals surface area contributed by atoms with Crippen molar-refractivity contribution in [3.8, 4) is 0 Å². The molecule has 3 rings (SSSR count). The molecule has 0 aliphatic rings. The fourth-order valence-electron chi connectivity index (χ4n) is 2.19. The molecule has 1 aromatic heterocycles. The van der Waals surface area contributed by atoms with Gasteiger partial charge < -0.3 is 0 Å². The SMILES string of the molecule is Cc1ccc(S(=O)(=O)Nc2ccc(F)cc2)cc1C(=O)Nc1ncn[nH]1. The number of H-pyrrole nitrogens is 1. The molecule has 26 heavy (non-hydrogen) atoms. The number of carbonyl (C=O) groups is 1. The van der Waals surface area contributed by atoms with E-state index in [0.29, 0.717) is 5.56 Å². The molecule has 8 nitrogen and oxygen atoms in total. The van der Waals surface area contributed by atoms with E-state index >= 15 is 0 Å². The number of hydrogen-bond acceptors (Lipinski definition) is 5. The highest BCUT2D eigenvalue weighted by molar-refractivity contribution is 7.92. The standard InChI is InChI=1S/C16H14FN5O3S/c1-10-2-7-13(8-14(10)15(23)20-16-18-9-19-21-16)26(24,25)22-12-5-3-11(17)4-6-12/h2-9,22H,1H3,(H2,18,19,20,21,23). The summed E-state index contributed by atoms with van der Waals surface area (Å²) in [4.78, 5) is 16.0. The number of carbonyl (C=O) groups excluding carboxylic acids is 1. The van der Waals surface area contributed by atoms with Crippen molar-refractivity contribution in [1.29, 1.82) is 0 Å². The van der Waals surface area contributed by atoms with Gasteiger partial charge >= 0.3 is 0 Å². The van der Waals surface area contributed by atoms with Crippen LogP contribution in [0.2, 0.25) is 0 Å². The molecule has 3 N–H and O–H groups in total. The molecule has 0 bridgehead atoms. The van der Waals surface area contributed by atoms with Crippen LogP contribution in [0.1, 0.15) is 15.9 Å². The van der Waals surface area contributed by atoms with E-state index in [2.05, 4.69) is 25.2 Å². The summed E-state index contributed by atoms with van der Waals surface area (Å²) < 4.78 is 40.3. The summed E-state index contributed by atoms with van der Waals surface area (Å²) in [6.07, 6.45) is 1.23. The van der Waals surface area contributed by atoms with E-state index in [1.807, 2.05) is 0 Å². The fourth-order valence-corrected chi connectivity index (χ4v) is 3.27. The monoisotopic (exact) mass is 375 g/mol. The molecule has 0 aliphatic carbocycles. The number of hydrogen-bond donors (Lipinski definition) is 3. The van der Waals surface area contributed by atoms with Crippen molar-refractivity contribution < 1.29 is 17.6 Å². The first-order valence-electron chi connectivity index (χ1n) is 7.41. The van der Waals surface area contributed by atoms with Gasteiger partial charge in [-0.1, -0.05) is 6.07 Å². The van der Waals surface area contributed by atoms with Gasteiger partial charge in [-0.05, 0) is 48.9 Å². The second-order valence-corrected chi connectivity index (χ2v) is 7.06. The molecular weight excluding hydrogens is 361 g/mol. The number of amides is 1. The zero-order valence-electron chi connectivity index (χ0n) is 13.5. The van der Waals surface area contributed by atoms with Gasteiger partial charge in [0.05, 0.1) is 4.90 Å². The average Bonchev–Trinajstić information content (AvgIpc) is 3.10. The number of rotatable bonds is 5. The zero-order chi connectivity index (χ0) is 18.7. The number of anilines is 2. The first-order valence-corrected chi connectivity index (χ1v) is 8.89. The van der Waals surface area contributed by atoms with Gasteiger partial charge in [0.2, 0.25) is 5.95 Å². The van der Waals surface area contributed by atoms with Crippen LogP contribution in [0.15, 0.2) is 53.7 Å². The molecule has 134 valence electrons. The van der Waals surface area contributed by atoms with E-state index in [9.17, 15) is 17.6 Å². The summed E-state index contributed by atoms with van der Waals surface area (Å²) in [6, 6.07) is 9.05. The largest absolute Gasteiger partial charge is 0.291 e. The van der Waals surface area contributed by atoms with E-state index in [1.54, 1.807) is 6.92 Å². The third-order valence-electron chi connectivity index (χ3n) is 3.51. The first kappa shape index (κ1) is 17.5. The smallest absolute Gasteiger partial charge is 0.261 e. The lowest BCUT2D eigenvalue weighted by Gasteiger charge is -2.11. The minimum absolute atomic E-state index is 0.102. The van der Waals surface area contributed by atoms with Crippen LogP contribution in [0.4, 0.5) is 16.0 Å². The molecular formula is C16H14FN5O3S. The number of aromatic amines is 1. The summed E-state index contributed by atoms with van der Waals surface area (Å²) in [6.45, 7) is 1.68. The third-order valence-corrected chi connectivity index (χ3v) is 4.89. The number of aryl methyl sites for hydroxylation is 1. The van der Waals surface area contributed by atoms with Gasteiger partial charge in [-0.2, -0.15) is 10.1 Å². The second-order valence-electron chi connectivity index (χ2n) is 5.38. The lowest BCUT2D eigenvalue weighted by molar-refractivity contribution is 0.102. The Morgan fingerprint density at radius 2 is 1.88 bits per heavy atom. The number of nitrogens with zero attached hydrogens (tertiary/aromatic N) is 2. The van der Waals surface area contributed by atoms with Crippen LogP contribution >= 0.6 is 0 Å². The molecule has 0 saturated heterocycles. The Balaban J connectivity index is 1.88. The predicted octanol–water partition coefficient (Wildman–Crippen LogP) is 2.31. The Labute approximate surface area is 148 Å². The van der Waals surface area contributed by atoms with Crippen LogP contribution in [0.5, 0.6) is 0 Å². The second kappa shape index (κ2) is 6.92. The number of halogens is 1. The quantitative estimate of drug-likeness (QED) is 0.633.